The Morgan fingerprint density at radius 3 is 1.00 bits per heavy atom. The van der Waals surface area contributed by atoms with Gasteiger partial charge in [-0.3, -0.25) is 0 Å². The summed E-state index contributed by atoms with van der Waals surface area (Å²) in [6.07, 6.45) is 0. The van der Waals surface area contributed by atoms with Crippen LogP contribution in [0.3, 0.4) is 0 Å². The van der Waals surface area contributed by atoms with Crippen molar-refractivity contribution in [2.45, 2.75) is 0 Å². The maximum atomic E-state index is 0. The van der Waals surface area contributed by atoms with Crippen LogP contribution in [-0.4, -0.2) is 83.2 Å². The van der Waals surface area contributed by atoms with E-state index in [9.17, 15) is 0 Å². The molecule has 0 amide bonds. The summed E-state index contributed by atoms with van der Waals surface area (Å²) in [6, 6.07) is 0. The van der Waals surface area contributed by atoms with E-state index in [0.29, 0.717) is 0 Å². The molecule has 0 spiro atoms. The van der Waals surface area contributed by atoms with Gasteiger partial charge in [-0.15, -0.1) is 0 Å². The third-order valence-corrected chi connectivity index (χ3v) is 0. The van der Waals surface area contributed by atoms with E-state index in [2.05, 4.69) is 0 Å². The molecule has 1 atom stereocenters. The van der Waals surface area contributed by atoms with E-state index in [1.807, 2.05) is 0 Å². The molecule has 0 aromatic heterocycles. The Bertz CT molecular complexity index is 8.00. The molecule has 0 aliphatic carbocycles. The Balaban J connectivity index is 0. The molecule has 0 heterocycles. The summed E-state index contributed by atoms with van der Waals surface area (Å²) >= 11 is 0. The zero-order chi connectivity index (χ0) is 0. The molecular formula is H7CaCoPSr. The first-order chi connectivity index (χ1) is 0. The van der Waals surface area contributed by atoms with Gasteiger partial charge in [0.05, 0.1) is 0 Å². The fourth-order valence-corrected chi connectivity index (χ4v) is 0. The van der Waals surface area contributed by atoms with Crippen molar-refractivity contribution in [2.24, 2.45) is 0 Å². The molecule has 0 saturated heterocycles. The van der Waals surface area contributed by atoms with Gasteiger partial charge in [0.15, 0.2) is 0 Å². The average molecular weight is 225 g/mol. The van der Waals surface area contributed by atoms with Crippen LogP contribution in [0, 0.1) is 0 Å². The number of hydrogen-bond acceptors (Lipinski definition) is 0. The van der Waals surface area contributed by atoms with Crippen LogP contribution >= 0.6 is 9.90 Å². The summed E-state index contributed by atoms with van der Waals surface area (Å²) in [5.41, 5.74) is 0. The summed E-state index contributed by atoms with van der Waals surface area (Å²) in [7, 11) is 0. The fraction of sp³-hybridized carbons (Fsp3) is 0. The first-order valence-corrected chi connectivity index (χ1v) is 0. The quantitative estimate of drug-likeness (QED) is 0.337. The summed E-state index contributed by atoms with van der Waals surface area (Å²) in [5, 5.41) is 0. The monoisotopic (exact) mass is 225 g/mol. The van der Waals surface area contributed by atoms with Crippen LogP contribution in [0.4, 0.5) is 0 Å². The predicted molar refractivity (Wildman–Crippen MR) is 28.2 cm³/mol. The molecule has 0 saturated carbocycles. The molecule has 4 heavy (non-hydrogen) atoms. The Labute approximate surface area is 107 Å². The normalized spacial score (nSPS) is 0. The topological polar surface area (TPSA) is 0 Å². The van der Waals surface area contributed by atoms with Crippen LogP contribution in [0.1, 0.15) is 0 Å². The molecule has 0 aromatic rings. The minimum atomic E-state index is 0. The van der Waals surface area contributed by atoms with E-state index in [1.54, 1.807) is 0 Å². The molecular weight excluding hydrogens is 218 g/mol. The standard InChI is InChI=1S/Ca.Co.H3P.Sr.4H/h;;1H3;;;;;. The third kappa shape index (κ3) is 9.18. The zero-order valence-corrected chi connectivity index (χ0v) is 3.50. The summed E-state index contributed by atoms with van der Waals surface area (Å²) in [4.78, 5) is 0. The van der Waals surface area contributed by atoms with Crippen molar-refractivity contribution < 1.29 is 16.8 Å². The molecule has 4 heteroatoms. The van der Waals surface area contributed by atoms with Crippen molar-refractivity contribution in [2.75, 3.05) is 0 Å². The van der Waals surface area contributed by atoms with Crippen LogP contribution < -0.4 is 0 Å². The van der Waals surface area contributed by atoms with Gasteiger partial charge in [-0.05, 0) is 0 Å². The van der Waals surface area contributed by atoms with Crippen molar-refractivity contribution >= 4 is 93.1 Å². The van der Waals surface area contributed by atoms with Crippen LogP contribution in [0.15, 0.2) is 0 Å². The second-order valence-electron chi connectivity index (χ2n) is 0. The second kappa shape index (κ2) is 15.9. The van der Waals surface area contributed by atoms with Gasteiger partial charge >= 0.3 is 83.2 Å². The van der Waals surface area contributed by atoms with Gasteiger partial charge in [-0.2, -0.15) is 9.90 Å². The van der Waals surface area contributed by atoms with Gasteiger partial charge in [-0.25, -0.2) is 0 Å². The van der Waals surface area contributed by atoms with Crippen molar-refractivity contribution in [3.05, 3.63) is 0 Å². The van der Waals surface area contributed by atoms with Gasteiger partial charge < -0.3 is 0 Å². The van der Waals surface area contributed by atoms with E-state index in [4.69, 9.17) is 0 Å². The molecule has 0 aliphatic heterocycles. The van der Waals surface area contributed by atoms with Gasteiger partial charge in [0.25, 0.3) is 0 Å². The second-order valence-corrected chi connectivity index (χ2v) is 0. The Kier molecular flexibility index (Phi) is 101. The number of hydrogen-bond donors (Lipinski definition) is 0. The van der Waals surface area contributed by atoms with Crippen molar-refractivity contribution in [1.29, 1.82) is 0 Å². The van der Waals surface area contributed by atoms with E-state index in [0.717, 1.165) is 0 Å². The van der Waals surface area contributed by atoms with E-state index in [-0.39, 0.29) is 110 Å². The molecule has 1 radical (unpaired) electrons. The minimum absolute atomic E-state index is 0. The molecule has 1 unspecified atom stereocenters. The molecule has 25 valence electrons. The molecule has 0 aromatic carbocycles. The van der Waals surface area contributed by atoms with Gasteiger partial charge in [0.2, 0.25) is 0 Å². The van der Waals surface area contributed by atoms with E-state index < -0.39 is 0 Å². The van der Waals surface area contributed by atoms with Gasteiger partial charge in [0, 0.05) is 16.8 Å². The Hall–Kier alpha value is 3.68. The number of rotatable bonds is 0. The molecule has 0 rings (SSSR count). The molecule has 0 aliphatic rings. The summed E-state index contributed by atoms with van der Waals surface area (Å²) in [5.74, 6) is 0. The van der Waals surface area contributed by atoms with Crippen LogP contribution in [0.2, 0.25) is 0 Å². The predicted octanol–water partition coefficient (Wildman–Crippen LogP) is -1.78. The van der Waals surface area contributed by atoms with E-state index >= 15 is 0 Å². The van der Waals surface area contributed by atoms with Crippen molar-refractivity contribution in [3.63, 3.8) is 0 Å². The maximum absolute atomic E-state index is 0. The summed E-state index contributed by atoms with van der Waals surface area (Å²) in [6.45, 7) is 0. The summed E-state index contributed by atoms with van der Waals surface area (Å²) < 4.78 is 0. The zero-order valence-electron chi connectivity index (χ0n) is 1.04. The van der Waals surface area contributed by atoms with Crippen LogP contribution in [0.25, 0.3) is 0 Å². The third-order valence-electron chi connectivity index (χ3n) is 0. The van der Waals surface area contributed by atoms with Crippen LogP contribution in [0.5, 0.6) is 0 Å². The van der Waals surface area contributed by atoms with Gasteiger partial charge in [0.1, 0.15) is 0 Å². The first kappa shape index (κ1) is 25.3. The van der Waals surface area contributed by atoms with Gasteiger partial charge in [-0.1, -0.05) is 0 Å². The Morgan fingerprint density at radius 2 is 1.00 bits per heavy atom. The SMILES string of the molecule is P.[CaH2].[Co].[SrH2]. The Morgan fingerprint density at radius 1 is 1.00 bits per heavy atom. The van der Waals surface area contributed by atoms with Crippen molar-refractivity contribution in [1.82, 2.24) is 0 Å². The first-order valence-electron chi connectivity index (χ1n) is 0. The average Bonchev–Trinajstić information content (AvgIpc) is 0. The van der Waals surface area contributed by atoms with E-state index in [1.165, 1.54) is 0 Å². The van der Waals surface area contributed by atoms with Crippen molar-refractivity contribution in [3.8, 4) is 0 Å². The molecule has 0 nitrogen and oxygen atoms in total. The molecule has 0 N–H and O–H groups in total. The molecule has 0 fully saturated rings. The molecule has 0 bridgehead atoms. The fourth-order valence-electron chi connectivity index (χ4n) is 0. The van der Waals surface area contributed by atoms with Crippen LogP contribution in [-0.2, 0) is 16.8 Å².